The van der Waals surface area contributed by atoms with Crippen molar-refractivity contribution >= 4 is 39.2 Å². The highest BCUT2D eigenvalue weighted by Crippen LogP contribution is 2.27. The molecule has 1 aliphatic rings. The van der Waals surface area contributed by atoms with Crippen LogP contribution in [0.2, 0.25) is 5.02 Å². The van der Waals surface area contributed by atoms with E-state index in [-0.39, 0.29) is 42.6 Å². The number of aromatic nitrogens is 2. The Labute approximate surface area is 244 Å². The smallest absolute Gasteiger partial charge is 0.333 e. The molecular weight excluding hydrogens is 596 g/mol. The minimum absolute atomic E-state index is 0.100. The van der Waals surface area contributed by atoms with Crippen LogP contribution in [0.25, 0.3) is 5.69 Å². The van der Waals surface area contributed by atoms with Crippen LogP contribution in [0.4, 0.5) is 0 Å². The quantitative estimate of drug-likeness (QED) is 0.258. The van der Waals surface area contributed by atoms with Gasteiger partial charge in [-0.1, -0.05) is 23.7 Å². The number of nitrogens with zero attached hydrogens (tertiary/aromatic N) is 4. The molecule has 1 aromatic heterocycles. The van der Waals surface area contributed by atoms with Gasteiger partial charge in [0.25, 0.3) is 5.91 Å². The highest BCUT2D eigenvalue weighted by atomic mass is 79.9. The van der Waals surface area contributed by atoms with E-state index in [1.54, 1.807) is 71.2 Å². The van der Waals surface area contributed by atoms with Crippen LogP contribution < -0.4 is 10.4 Å². The number of fused-ring (bicyclic) bond motifs is 1. The molecule has 8 nitrogen and oxygen atoms in total. The molecule has 4 aromatic rings. The van der Waals surface area contributed by atoms with Crippen molar-refractivity contribution in [1.82, 2.24) is 14.0 Å². The van der Waals surface area contributed by atoms with E-state index in [0.717, 1.165) is 5.56 Å². The Balaban J connectivity index is 1.52. The highest BCUT2D eigenvalue weighted by Gasteiger charge is 2.32. The molecule has 0 fully saturated rings. The molecule has 5 rings (SSSR count). The van der Waals surface area contributed by atoms with Crippen molar-refractivity contribution in [2.45, 2.75) is 25.9 Å². The molecule has 0 spiro atoms. The number of hydrogen-bond donors (Lipinski definition) is 0. The summed E-state index contributed by atoms with van der Waals surface area (Å²) in [5, 5.41) is 9.48. The second-order valence-electron chi connectivity index (χ2n) is 9.35. The predicted molar refractivity (Wildman–Crippen MR) is 154 cm³/mol. The average molecular weight is 620 g/mol. The average Bonchev–Trinajstić information content (AvgIpc) is 3.28. The van der Waals surface area contributed by atoms with Crippen molar-refractivity contribution in [2.24, 2.45) is 0 Å². The molecule has 0 radical (unpaired) electrons. The summed E-state index contributed by atoms with van der Waals surface area (Å²) >= 11 is 9.57. The zero-order valence-corrected chi connectivity index (χ0v) is 23.9. The fourth-order valence-corrected chi connectivity index (χ4v) is 5.25. The molecule has 0 bridgehead atoms. The molecule has 40 heavy (non-hydrogen) atoms. The van der Waals surface area contributed by atoms with Crippen molar-refractivity contribution in [3.05, 3.63) is 115 Å². The Morgan fingerprint density at radius 2 is 1.77 bits per heavy atom. The van der Waals surface area contributed by atoms with E-state index >= 15 is 0 Å². The monoisotopic (exact) mass is 618 g/mol. The molecule has 10 heteroatoms. The van der Waals surface area contributed by atoms with Crippen LogP contribution in [-0.4, -0.2) is 39.4 Å². The molecule has 0 N–H and O–H groups in total. The third kappa shape index (κ3) is 5.33. The van der Waals surface area contributed by atoms with Crippen LogP contribution in [0.3, 0.4) is 0 Å². The Morgan fingerprint density at radius 3 is 2.42 bits per heavy atom. The molecule has 0 saturated carbocycles. The van der Waals surface area contributed by atoms with Crippen molar-refractivity contribution < 1.29 is 14.3 Å². The first-order valence-corrected chi connectivity index (χ1v) is 13.7. The van der Waals surface area contributed by atoms with Gasteiger partial charge in [0.05, 0.1) is 41.7 Å². The van der Waals surface area contributed by atoms with E-state index in [1.165, 1.54) is 4.57 Å². The minimum Gasteiger partial charge on any atom is -0.497 e. The summed E-state index contributed by atoms with van der Waals surface area (Å²) in [7, 11) is 1.56. The molecule has 0 unspecified atom stereocenters. The predicted octanol–water partition coefficient (Wildman–Crippen LogP) is 5.41. The topological polar surface area (TPSA) is 97.3 Å². The molecule has 3 aromatic carbocycles. The third-order valence-electron chi connectivity index (χ3n) is 6.95. The fraction of sp³-hybridized carbons (Fsp3) is 0.200. The van der Waals surface area contributed by atoms with Gasteiger partial charge in [-0.3, -0.25) is 18.7 Å². The standard InChI is InChI=1S/C30H24BrClN4O4/c1-40-23-10-8-22(9-11-23)36-28(27(37)13-6-19-2-4-20(17-33)5-3-19)26-18-34(14-15-35(26)30(36)39)29(38)21-7-12-24(31)25(32)16-21/h2-5,7-12,16H,6,13-15,18H2,1H3. The zero-order valence-electron chi connectivity index (χ0n) is 21.6. The lowest BCUT2D eigenvalue weighted by molar-refractivity contribution is 0.0707. The number of hydrogen-bond acceptors (Lipinski definition) is 5. The van der Waals surface area contributed by atoms with E-state index in [0.29, 0.717) is 50.7 Å². The molecule has 0 aliphatic carbocycles. The van der Waals surface area contributed by atoms with Gasteiger partial charge in [0, 0.05) is 29.5 Å². The number of carbonyl (C=O) groups excluding carboxylic acids is 2. The summed E-state index contributed by atoms with van der Waals surface area (Å²) in [6, 6.07) is 21.1. The molecular formula is C30H24BrClN4O4. The normalized spacial score (nSPS) is 12.5. The van der Waals surface area contributed by atoms with Gasteiger partial charge in [-0.15, -0.1) is 0 Å². The third-order valence-corrected chi connectivity index (χ3v) is 8.18. The number of halogens is 2. The van der Waals surface area contributed by atoms with Gasteiger partial charge in [-0.2, -0.15) is 5.26 Å². The first-order valence-electron chi connectivity index (χ1n) is 12.6. The Morgan fingerprint density at radius 1 is 1.05 bits per heavy atom. The summed E-state index contributed by atoms with van der Waals surface area (Å²) in [5.74, 6) is 0.174. The van der Waals surface area contributed by atoms with E-state index < -0.39 is 0 Å². The van der Waals surface area contributed by atoms with Gasteiger partial charge >= 0.3 is 5.69 Å². The van der Waals surface area contributed by atoms with Crippen LogP contribution >= 0.6 is 27.5 Å². The van der Waals surface area contributed by atoms with E-state index in [4.69, 9.17) is 21.6 Å². The molecule has 1 aliphatic heterocycles. The van der Waals surface area contributed by atoms with E-state index in [9.17, 15) is 14.4 Å². The maximum Gasteiger partial charge on any atom is 0.333 e. The van der Waals surface area contributed by atoms with Crippen molar-refractivity contribution in [1.29, 1.82) is 5.26 Å². The number of methoxy groups -OCH3 is 1. The number of ketones is 1. The lowest BCUT2D eigenvalue weighted by Crippen LogP contribution is -2.41. The number of amides is 1. The summed E-state index contributed by atoms with van der Waals surface area (Å²) in [5.41, 5.74) is 2.83. The summed E-state index contributed by atoms with van der Waals surface area (Å²) in [6.07, 6.45) is 0.584. The second kappa shape index (κ2) is 11.5. The number of nitriles is 1. The number of ether oxygens (including phenoxy) is 1. The van der Waals surface area contributed by atoms with Crippen molar-refractivity contribution in [2.75, 3.05) is 13.7 Å². The number of benzene rings is 3. The number of Topliss-reactive ketones (excluding diaryl/α,β-unsaturated/α-hetero) is 1. The fourth-order valence-electron chi connectivity index (χ4n) is 4.82. The van der Waals surface area contributed by atoms with E-state index in [2.05, 4.69) is 22.0 Å². The highest BCUT2D eigenvalue weighted by molar-refractivity contribution is 9.10. The summed E-state index contributed by atoms with van der Waals surface area (Å²) in [6.45, 7) is 0.664. The Hall–Kier alpha value is -4.13. The maximum absolute atomic E-state index is 13.8. The molecule has 0 saturated heterocycles. The van der Waals surface area contributed by atoms with Crippen LogP contribution in [-0.2, 0) is 19.5 Å². The van der Waals surface area contributed by atoms with Crippen LogP contribution in [0.15, 0.2) is 76.0 Å². The first kappa shape index (κ1) is 27.4. The Kier molecular flexibility index (Phi) is 7.92. The van der Waals surface area contributed by atoms with Crippen LogP contribution in [0.1, 0.15) is 44.1 Å². The van der Waals surface area contributed by atoms with Gasteiger partial charge in [0.15, 0.2) is 5.78 Å². The molecule has 202 valence electrons. The van der Waals surface area contributed by atoms with Crippen molar-refractivity contribution in [3.8, 4) is 17.5 Å². The summed E-state index contributed by atoms with van der Waals surface area (Å²) in [4.78, 5) is 42.5. The van der Waals surface area contributed by atoms with Gasteiger partial charge in [0.1, 0.15) is 11.4 Å². The SMILES string of the molecule is COc1ccc(-n2c(C(=O)CCc3ccc(C#N)cc3)c3n(c2=O)CCN(C(=O)c2ccc(Br)c(Cl)c2)C3)cc1. The second-order valence-corrected chi connectivity index (χ2v) is 10.6. The lowest BCUT2D eigenvalue weighted by atomic mass is 10.0. The number of carbonyl (C=O) groups is 2. The lowest BCUT2D eigenvalue weighted by Gasteiger charge is -2.28. The first-order chi connectivity index (χ1) is 19.3. The van der Waals surface area contributed by atoms with Gasteiger partial charge in [0.2, 0.25) is 0 Å². The van der Waals surface area contributed by atoms with Crippen molar-refractivity contribution in [3.63, 3.8) is 0 Å². The molecule has 2 heterocycles. The van der Waals surface area contributed by atoms with Crippen LogP contribution in [0.5, 0.6) is 5.75 Å². The number of imidazole rings is 1. The van der Waals surface area contributed by atoms with Crippen LogP contribution in [0, 0.1) is 11.3 Å². The largest absolute Gasteiger partial charge is 0.497 e. The zero-order chi connectivity index (χ0) is 28.4. The van der Waals surface area contributed by atoms with Gasteiger partial charge in [-0.05, 0) is 82.5 Å². The molecule has 0 atom stereocenters. The number of aryl methyl sites for hydroxylation is 1. The van der Waals surface area contributed by atoms with E-state index in [1.807, 2.05) is 12.1 Å². The maximum atomic E-state index is 13.8. The summed E-state index contributed by atoms with van der Waals surface area (Å²) < 4.78 is 8.96. The Bertz CT molecular complexity index is 1700. The van der Waals surface area contributed by atoms with Gasteiger partial charge in [-0.25, -0.2) is 4.79 Å². The molecule has 1 amide bonds. The van der Waals surface area contributed by atoms with Gasteiger partial charge < -0.3 is 9.64 Å². The minimum atomic E-state index is -0.333. The number of rotatable bonds is 7.